The van der Waals surface area contributed by atoms with Crippen molar-refractivity contribution in [3.63, 3.8) is 0 Å². The predicted molar refractivity (Wildman–Crippen MR) is 218 cm³/mol. The van der Waals surface area contributed by atoms with E-state index in [2.05, 4.69) is 64.8 Å². The molecule has 1 aromatic carbocycles. The molecule has 11 atom stereocenters. The summed E-state index contributed by atoms with van der Waals surface area (Å²) in [6, 6.07) is 7.88. The van der Waals surface area contributed by atoms with Crippen molar-refractivity contribution in [2.24, 2.45) is 69.0 Å². The number of aliphatic hydroxyl groups excluding tert-OH is 1. The summed E-state index contributed by atoms with van der Waals surface area (Å²) in [7, 11) is 1.45. The van der Waals surface area contributed by atoms with E-state index in [1.807, 2.05) is 18.2 Å². The van der Waals surface area contributed by atoms with Crippen molar-refractivity contribution < 1.29 is 24.2 Å². The molecule has 0 bridgehead atoms. The fourth-order valence-electron chi connectivity index (χ4n) is 15.0. The molecule has 6 aliphatic rings. The van der Waals surface area contributed by atoms with E-state index >= 15 is 0 Å². The van der Waals surface area contributed by atoms with Crippen LogP contribution in [0.15, 0.2) is 36.4 Å². The number of hydrogen-bond acceptors (Lipinski definition) is 5. The van der Waals surface area contributed by atoms with Gasteiger partial charge in [0.25, 0.3) is 5.91 Å². The summed E-state index contributed by atoms with van der Waals surface area (Å²) in [5, 5.41) is 17.8. The second kappa shape index (κ2) is 15.3. The molecule has 6 aliphatic carbocycles. The molecule has 6 fully saturated rings. The predicted octanol–water partition coefficient (Wildman–Crippen LogP) is 9.07. The Hall–Kier alpha value is -2.67. The van der Waals surface area contributed by atoms with Gasteiger partial charge in [-0.25, -0.2) is 0 Å². The smallest absolute Gasteiger partial charge is 0.308 e. The van der Waals surface area contributed by atoms with E-state index in [0.717, 1.165) is 69.8 Å². The molecule has 304 valence electrons. The number of ether oxygens (including phenoxy) is 1. The van der Waals surface area contributed by atoms with Gasteiger partial charge in [0.05, 0.1) is 24.5 Å². The highest BCUT2D eigenvalue weighted by Crippen LogP contribution is 2.73. The first-order valence-electron chi connectivity index (χ1n) is 22.2. The minimum absolute atomic E-state index is 0.0231. The van der Waals surface area contributed by atoms with Crippen LogP contribution in [-0.2, 0) is 20.7 Å². The summed E-state index contributed by atoms with van der Waals surface area (Å²) in [6.45, 7) is 19.2. The summed E-state index contributed by atoms with van der Waals surface area (Å²) in [5.41, 5.74) is 3.12. The van der Waals surface area contributed by atoms with Gasteiger partial charge in [-0.2, -0.15) is 0 Å². The zero-order valence-corrected chi connectivity index (χ0v) is 35.2. The molecular formula is C48H72N2O5. The van der Waals surface area contributed by atoms with E-state index in [1.54, 1.807) is 0 Å². The molecule has 2 amide bonds. The second-order valence-electron chi connectivity index (χ2n) is 20.7. The Labute approximate surface area is 332 Å². The van der Waals surface area contributed by atoms with E-state index in [4.69, 9.17) is 4.74 Å². The Balaban J connectivity index is 0.994. The minimum atomic E-state index is -0.333. The number of fused-ring (bicyclic) bond motifs is 7. The molecule has 7 nitrogen and oxygen atoms in total. The number of amides is 2. The lowest BCUT2D eigenvalue weighted by Gasteiger charge is -2.69. The third-order valence-corrected chi connectivity index (χ3v) is 17.9. The highest BCUT2D eigenvalue weighted by atomic mass is 16.5. The number of methoxy groups -OCH3 is 1. The van der Waals surface area contributed by atoms with Gasteiger partial charge in [-0.3, -0.25) is 14.4 Å². The van der Waals surface area contributed by atoms with Crippen molar-refractivity contribution in [1.29, 1.82) is 0 Å². The van der Waals surface area contributed by atoms with Crippen LogP contribution >= 0.6 is 0 Å². The maximum absolute atomic E-state index is 14.6. The molecule has 0 saturated heterocycles. The van der Waals surface area contributed by atoms with Crippen molar-refractivity contribution in [1.82, 2.24) is 10.6 Å². The maximum Gasteiger partial charge on any atom is 0.308 e. The first-order chi connectivity index (χ1) is 26.1. The summed E-state index contributed by atoms with van der Waals surface area (Å²) >= 11 is 0. The Morgan fingerprint density at radius 3 is 2.31 bits per heavy atom. The number of allylic oxidation sites excluding steroid dienone is 1. The van der Waals surface area contributed by atoms with E-state index < -0.39 is 0 Å². The van der Waals surface area contributed by atoms with Crippen LogP contribution in [0, 0.1) is 69.0 Å². The average molecular weight is 757 g/mol. The van der Waals surface area contributed by atoms with E-state index in [-0.39, 0.29) is 57.5 Å². The van der Waals surface area contributed by atoms with Crippen molar-refractivity contribution in [3.8, 4) is 0 Å². The zero-order chi connectivity index (χ0) is 39.5. The fraction of sp³-hybridized carbons (Fsp3) is 0.771. The Morgan fingerprint density at radius 1 is 0.891 bits per heavy atom. The quantitative estimate of drug-likeness (QED) is 0.172. The normalized spacial score (nSPS) is 41.0. The molecule has 0 heterocycles. The van der Waals surface area contributed by atoms with Crippen molar-refractivity contribution in [2.45, 2.75) is 150 Å². The Bertz CT molecular complexity index is 1630. The van der Waals surface area contributed by atoms with Crippen LogP contribution in [0.2, 0.25) is 0 Å². The minimum Gasteiger partial charge on any atom is -0.469 e. The number of hydrogen-bond donors (Lipinski definition) is 3. The van der Waals surface area contributed by atoms with Crippen LogP contribution in [-0.4, -0.2) is 48.7 Å². The fourth-order valence-corrected chi connectivity index (χ4v) is 15.0. The molecule has 0 radical (unpaired) electrons. The summed E-state index contributed by atoms with van der Waals surface area (Å²) < 4.78 is 4.94. The highest BCUT2D eigenvalue weighted by Gasteiger charge is 2.68. The average Bonchev–Trinajstić information content (AvgIpc) is 3.58. The molecule has 0 spiro atoms. The number of aliphatic hydroxyl groups is 1. The van der Waals surface area contributed by atoms with Gasteiger partial charge in [0.2, 0.25) is 5.91 Å². The molecule has 11 unspecified atom stereocenters. The number of carbonyl (C=O) groups excluding carboxylic acids is 3. The van der Waals surface area contributed by atoms with Gasteiger partial charge in [0.15, 0.2) is 0 Å². The number of benzene rings is 1. The first-order valence-corrected chi connectivity index (χ1v) is 22.2. The SMILES string of the molecule is C=C(C)C1CCC2(C(=O)NCCc3cccc(C(=O)NC(C)C4CCC(C(=O)OC)CC4)c3)CCC3C(CCC4C3(C)CCC3C(C)(C)C(O)CCC34C)C12. The van der Waals surface area contributed by atoms with E-state index in [9.17, 15) is 19.5 Å². The van der Waals surface area contributed by atoms with Gasteiger partial charge < -0.3 is 20.5 Å². The number of rotatable bonds is 9. The van der Waals surface area contributed by atoms with Crippen LogP contribution in [0.5, 0.6) is 0 Å². The van der Waals surface area contributed by atoms with Crippen molar-refractivity contribution in [3.05, 3.63) is 47.5 Å². The number of nitrogens with one attached hydrogen (secondary N) is 2. The van der Waals surface area contributed by atoms with Crippen LogP contribution in [0.25, 0.3) is 0 Å². The van der Waals surface area contributed by atoms with Gasteiger partial charge in [-0.15, -0.1) is 0 Å². The molecule has 6 saturated carbocycles. The van der Waals surface area contributed by atoms with Gasteiger partial charge in [-0.1, -0.05) is 52.0 Å². The lowest BCUT2D eigenvalue weighted by molar-refractivity contribution is -0.216. The van der Waals surface area contributed by atoms with Gasteiger partial charge in [0.1, 0.15) is 0 Å². The largest absolute Gasteiger partial charge is 0.469 e. The van der Waals surface area contributed by atoms with Gasteiger partial charge >= 0.3 is 5.97 Å². The number of carbonyl (C=O) groups is 3. The third kappa shape index (κ3) is 6.92. The van der Waals surface area contributed by atoms with Crippen LogP contribution in [0.1, 0.15) is 147 Å². The summed E-state index contributed by atoms with van der Waals surface area (Å²) in [6.07, 6.45) is 15.0. The molecule has 7 rings (SSSR count). The highest BCUT2D eigenvalue weighted by molar-refractivity contribution is 5.94. The lowest BCUT2D eigenvalue weighted by atomic mass is 9.36. The monoisotopic (exact) mass is 757 g/mol. The lowest BCUT2D eigenvalue weighted by Crippen LogP contribution is -2.64. The van der Waals surface area contributed by atoms with Crippen LogP contribution in [0.3, 0.4) is 0 Å². The van der Waals surface area contributed by atoms with Crippen molar-refractivity contribution >= 4 is 17.8 Å². The van der Waals surface area contributed by atoms with E-state index in [0.29, 0.717) is 60.0 Å². The molecule has 55 heavy (non-hydrogen) atoms. The Kier molecular flexibility index (Phi) is 11.2. The van der Waals surface area contributed by atoms with Crippen molar-refractivity contribution in [2.75, 3.05) is 13.7 Å². The molecule has 0 aliphatic heterocycles. The van der Waals surface area contributed by atoms with Crippen LogP contribution in [0.4, 0.5) is 0 Å². The first kappa shape index (κ1) is 40.5. The molecule has 3 N–H and O–H groups in total. The van der Waals surface area contributed by atoms with Gasteiger partial charge in [-0.05, 0) is 186 Å². The summed E-state index contributed by atoms with van der Waals surface area (Å²) in [4.78, 5) is 39.9. The third-order valence-electron chi connectivity index (χ3n) is 17.9. The number of esters is 1. The zero-order valence-electron chi connectivity index (χ0n) is 35.2. The molecule has 7 heteroatoms. The maximum atomic E-state index is 14.6. The standard InChI is InChI=1S/C48H72N2O5/c1-29(2)35-18-25-48(26-19-37-36(41(35)48)16-17-39-46(37,6)23-20-38-45(4,5)40(51)21-24-47(38,39)7)44(54)49-27-22-31-10-9-11-34(28-31)42(52)50-30(3)32-12-14-33(15-13-32)43(53)55-8/h9-11,28,30,32-33,35-41,51H,1,12-27H2,2-8H3,(H,49,54)(H,50,52). The topological polar surface area (TPSA) is 105 Å². The molecule has 1 aromatic rings. The second-order valence-corrected chi connectivity index (χ2v) is 20.7. The Morgan fingerprint density at radius 2 is 1.60 bits per heavy atom. The molecule has 0 aromatic heterocycles. The summed E-state index contributed by atoms with van der Waals surface area (Å²) in [5.74, 6) is 3.54. The van der Waals surface area contributed by atoms with Crippen LogP contribution < -0.4 is 10.6 Å². The van der Waals surface area contributed by atoms with Gasteiger partial charge in [0, 0.05) is 18.2 Å². The van der Waals surface area contributed by atoms with E-state index in [1.165, 1.54) is 38.4 Å². The molecular weight excluding hydrogens is 685 g/mol.